The molecule has 2 atom stereocenters. The number of hydrogen-bond acceptors (Lipinski definition) is 2. The molecule has 2 unspecified atom stereocenters. The average molecular weight is 265 g/mol. The highest BCUT2D eigenvalue weighted by Gasteiger charge is 2.27. The van der Waals surface area contributed by atoms with Gasteiger partial charge in [0, 0.05) is 24.6 Å². The predicted octanol–water partition coefficient (Wildman–Crippen LogP) is 2.37. The van der Waals surface area contributed by atoms with Crippen LogP contribution in [-0.4, -0.2) is 35.1 Å². The summed E-state index contributed by atoms with van der Waals surface area (Å²) in [5.74, 6) is -0.410. The molecule has 104 valence electrons. The first kappa shape index (κ1) is 14.0. The van der Waals surface area contributed by atoms with Crippen LogP contribution in [0.15, 0.2) is 18.2 Å². The van der Waals surface area contributed by atoms with E-state index in [1.165, 1.54) is 12.1 Å². The fourth-order valence-corrected chi connectivity index (χ4v) is 2.58. The summed E-state index contributed by atoms with van der Waals surface area (Å²) in [4.78, 5) is 14.1. The van der Waals surface area contributed by atoms with Gasteiger partial charge < -0.3 is 10.0 Å². The zero-order valence-electron chi connectivity index (χ0n) is 11.4. The maximum Gasteiger partial charge on any atom is 0.254 e. The second-order valence-electron chi connectivity index (χ2n) is 5.35. The summed E-state index contributed by atoms with van der Waals surface area (Å²) in [5, 5.41) is 9.65. The molecular formula is C15H20FNO2. The lowest BCUT2D eigenvalue weighted by Crippen LogP contribution is -2.43. The lowest BCUT2D eigenvalue weighted by molar-refractivity contribution is 0.0465. The van der Waals surface area contributed by atoms with E-state index in [1.54, 1.807) is 17.9 Å². The van der Waals surface area contributed by atoms with Crippen molar-refractivity contribution >= 4 is 5.91 Å². The van der Waals surface area contributed by atoms with Gasteiger partial charge in [-0.3, -0.25) is 4.79 Å². The molecule has 1 aromatic carbocycles. The van der Waals surface area contributed by atoms with Gasteiger partial charge in [0.15, 0.2) is 0 Å². The van der Waals surface area contributed by atoms with Gasteiger partial charge in [0.05, 0.1) is 6.10 Å². The lowest BCUT2D eigenvalue weighted by Gasteiger charge is -2.34. The van der Waals surface area contributed by atoms with Crippen LogP contribution >= 0.6 is 0 Å². The highest BCUT2D eigenvalue weighted by molar-refractivity contribution is 5.95. The molecule has 1 aliphatic heterocycles. The number of nitrogens with zero attached hydrogens (tertiary/aromatic N) is 1. The third-order valence-corrected chi connectivity index (χ3v) is 3.86. The van der Waals surface area contributed by atoms with Crippen LogP contribution in [0.2, 0.25) is 0 Å². The van der Waals surface area contributed by atoms with Crippen LogP contribution in [-0.2, 0) is 0 Å². The van der Waals surface area contributed by atoms with Gasteiger partial charge in [0.25, 0.3) is 5.91 Å². The van der Waals surface area contributed by atoms with Crippen molar-refractivity contribution in [1.82, 2.24) is 4.90 Å². The fourth-order valence-electron chi connectivity index (χ4n) is 2.58. The first-order valence-corrected chi connectivity index (χ1v) is 6.72. The number of aryl methyl sites for hydroxylation is 1. The van der Waals surface area contributed by atoms with E-state index in [2.05, 4.69) is 0 Å². The molecule has 0 aliphatic carbocycles. The van der Waals surface area contributed by atoms with Gasteiger partial charge in [0.1, 0.15) is 5.82 Å². The molecule has 1 N–H and O–H groups in total. The van der Waals surface area contributed by atoms with E-state index < -0.39 is 11.9 Å². The van der Waals surface area contributed by atoms with Gasteiger partial charge in [-0.1, -0.05) is 6.07 Å². The number of rotatable bonds is 2. The Morgan fingerprint density at radius 2 is 2.26 bits per heavy atom. The molecule has 3 nitrogen and oxygen atoms in total. The van der Waals surface area contributed by atoms with Crippen molar-refractivity contribution in [3.63, 3.8) is 0 Å². The molecule has 19 heavy (non-hydrogen) atoms. The maximum atomic E-state index is 13.3. The van der Waals surface area contributed by atoms with E-state index in [0.29, 0.717) is 18.7 Å². The van der Waals surface area contributed by atoms with Crippen LogP contribution in [0.3, 0.4) is 0 Å². The monoisotopic (exact) mass is 265 g/mol. The van der Waals surface area contributed by atoms with Crippen molar-refractivity contribution in [3.05, 3.63) is 35.1 Å². The molecule has 1 saturated heterocycles. The Morgan fingerprint density at radius 3 is 2.95 bits per heavy atom. The molecule has 1 amide bonds. The van der Waals surface area contributed by atoms with Gasteiger partial charge >= 0.3 is 0 Å². The van der Waals surface area contributed by atoms with Gasteiger partial charge in [-0.2, -0.15) is 0 Å². The van der Waals surface area contributed by atoms with E-state index in [-0.39, 0.29) is 11.8 Å². The van der Waals surface area contributed by atoms with Crippen LogP contribution in [0.4, 0.5) is 4.39 Å². The molecule has 4 heteroatoms. The summed E-state index contributed by atoms with van der Waals surface area (Å²) in [7, 11) is 0. The number of benzene rings is 1. The summed E-state index contributed by atoms with van der Waals surface area (Å²) >= 11 is 0. The van der Waals surface area contributed by atoms with Crippen LogP contribution in [0.1, 0.15) is 35.7 Å². The molecule has 1 aliphatic rings. The molecule has 1 heterocycles. The summed E-state index contributed by atoms with van der Waals surface area (Å²) < 4.78 is 13.3. The van der Waals surface area contributed by atoms with Gasteiger partial charge in [-0.05, 0) is 44.4 Å². The van der Waals surface area contributed by atoms with Crippen molar-refractivity contribution in [2.24, 2.45) is 5.92 Å². The Balaban J connectivity index is 2.17. The highest BCUT2D eigenvalue weighted by Crippen LogP contribution is 2.22. The Labute approximate surface area is 113 Å². The molecule has 2 rings (SSSR count). The number of carbonyl (C=O) groups is 1. The minimum Gasteiger partial charge on any atom is -0.393 e. The van der Waals surface area contributed by atoms with Crippen LogP contribution in [0.25, 0.3) is 0 Å². The number of amides is 1. The van der Waals surface area contributed by atoms with Gasteiger partial charge in [0.2, 0.25) is 0 Å². The number of halogens is 1. The van der Waals surface area contributed by atoms with Crippen LogP contribution in [0.5, 0.6) is 0 Å². The SMILES string of the molecule is Cc1ccc(F)cc1C(=O)N1CCCC(C(C)O)C1. The third kappa shape index (κ3) is 3.13. The Hall–Kier alpha value is -1.42. The number of piperidine rings is 1. The largest absolute Gasteiger partial charge is 0.393 e. The van der Waals surface area contributed by atoms with E-state index in [4.69, 9.17) is 0 Å². The molecule has 1 aromatic rings. The summed E-state index contributed by atoms with van der Waals surface area (Å²) in [6.45, 7) is 4.79. The molecule has 0 aromatic heterocycles. The quantitative estimate of drug-likeness (QED) is 0.891. The highest BCUT2D eigenvalue weighted by atomic mass is 19.1. The van der Waals surface area contributed by atoms with Gasteiger partial charge in [-0.25, -0.2) is 4.39 Å². The Kier molecular flexibility index (Phi) is 4.20. The smallest absolute Gasteiger partial charge is 0.254 e. The molecule has 0 saturated carbocycles. The van der Waals surface area contributed by atoms with Gasteiger partial charge in [-0.15, -0.1) is 0 Å². The zero-order chi connectivity index (χ0) is 14.0. The van der Waals surface area contributed by atoms with Crippen LogP contribution in [0, 0.1) is 18.7 Å². The average Bonchev–Trinajstić information content (AvgIpc) is 2.41. The van der Waals surface area contributed by atoms with Crippen molar-refractivity contribution < 1.29 is 14.3 Å². The summed E-state index contributed by atoms with van der Waals surface area (Å²) in [6, 6.07) is 4.28. The van der Waals surface area contributed by atoms with Crippen molar-refractivity contribution in [3.8, 4) is 0 Å². The first-order chi connectivity index (χ1) is 8.99. The number of aliphatic hydroxyl groups excluding tert-OH is 1. The van der Waals surface area contributed by atoms with Crippen molar-refractivity contribution in [2.75, 3.05) is 13.1 Å². The normalized spacial score (nSPS) is 21.3. The first-order valence-electron chi connectivity index (χ1n) is 6.72. The van der Waals surface area contributed by atoms with Crippen LogP contribution < -0.4 is 0 Å². The topological polar surface area (TPSA) is 40.5 Å². The summed E-state index contributed by atoms with van der Waals surface area (Å²) in [5.41, 5.74) is 1.21. The lowest BCUT2D eigenvalue weighted by atomic mass is 9.93. The second kappa shape index (κ2) is 5.70. The predicted molar refractivity (Wildman–Crippen MR) is 71.4 cm³/mol. The second-order valence-corrected chi connectivity index (χ2v) is 5.35. The zero-order valence-corrected chi connectivity index (χ0v) is 11.4. The maximum absolute atomic E-state index is 13.3. The van der Waals surface area contributed by atoms with E-state index in [0.717, 1.165) is 18.4 Å². The number of carbonyl (C=O) groups excluding carboxylic acids is 1. The molecular weight excluding hydrogens is 245 g/mol. The van der Waals surface area contributed by atoms with Crippen molar-refractivity contribution in [1.29, 1.82) is 0 Å². The van der Waals surface area contributed by atoms with E-state index in [1.807, 2.05) is 6.92 Å². The van der Waals surface area contributed by atoms with Crippen molar-refractivity contribution in [2.45, 2.75) is 32.8 Å². The standard InChI is InChI=1S/C15H20FNO2/c1-10-5-6-13(16)8-14(10)15(19)17-7-3-4-12(9-17)11(2)18/h5-6,8,11-12,18H,3-4,7,9H2,1-2H3. The van der Waals surface area contributed by atoms with E-state index >= 15 is 0 Å². The summed E-state index contributed by atoms with van der Waals surface area (Å²) in [6.07, 6.45) is 1.41. The molecule has 1 fully saturated rings. The number of aliphatic hydroxyl groups is 1. The third-order valence-electron chi connectivity index (χ3n) is 3.86. The fraction of sp³-hybridized carbons (Fsp3) is 0.533. The number of hydrogen-bond donors (Lipinski definition) is 1. The van der Waals surface area contributed by atoms with E-state index in [9.17, 15) is 14.3 Å². The molecule has 0 bridgehead atoms. The minimum atomic E-state index is -0.413. The molecule has 0 spiro atoms. The minimum absolute atomic E-state index is 0.117. The Bertz CT molecular complexity index is 473. The number of likely N-dealkylation sites (tertiary alicyclic amines) is 1. The Morgan fingerprint density at radius 1 is 1.53 bits per heavy atom. The molecule has 0 radical (unpaired) electrons.